The van der Waals surface area contributed by atoms with Gasteiger partial charge in [-0.1, -0.05) is 6.42 Å². The van der Waals surface area contributed by atoms with Crippen LogP contribution in [0.2, 0.25) is 0 Å². The highest BCUT2D eigenvalue weighted by Gasteiger charge is 2.18. The van der Waals surface area contributed by atoms with Gasteiger partial charge in [-0.15, -0.1) is 0 Å². The first-order chi connectivity index (χ1) is 7.24. The number of nitrogen functional groups attached to an aromatic ring is 1. The Kier molecular flexibility index (Phi) is 3.21. The molecule has 1 fully saturated rings. The second kappa shape index (κ2) is 4.62. The van der Waals surface area contributed by atoms with Crippen LogP contribution < -0.4 is 5.73 Å². The van der Waals surface area contributed by atoms with Crippen molar-refractivity contribution in [2.45, 2.75) is 25.8 Å². The fourth-order valence-corrected chi connectivity index (χ4v) is 1.99. The van der Waals surface area contributed by atoms with Crippen LogP contribution in [0.15, 0.2) is 18.3 Å². The van der Waals surface area contributed by atoms with Gasteiger partial charge < -0.3 is 10.6 Å². The molecule has 0 radical (unpaired) electrons. The minimum absolute atomic E-state index is 0.736. The van der Waals surface area contributed by atoms with Crippen LogP contribution >= 0.6 is 0 Å². The molecule has 0 bridgehead atoms. The van der Waals surface area contributed by atoms with Gasteiger partial charge in [-0.05, 0) is 37.9 Å². The topological polar surface area (TPSA) is 42.1 Å². The number of anilines is 1. The highest BCUT2D eigenvalue weighted by molar-refractivity contribution is 5.34. The average molecular weight is 205 g/mol. The normalized spacial score (nSPS) is 16.7. The third kappa shape index (κ3) is 2.93. The zero-order chi connectivity index (χ0) is 10.7. The molecule has 1 saturated carbocycles. The van der Waals surface area contributed by atoms with Crippen LogP contribution in [0, 0.1) is 5.92 Å². The van der Waals surface area contributed by atoms with E-state index in [9.17, 15) is 0 Å². The first kappa shape index (κ1) is 10.4. The van der Waals surface area contributed by atoms with Crippen molar-refractivity contribution in [1.29, 1.82) is 0 Å². The highest BCUT2D eigenvalue weighted by Crippen LogP contribution is 2.26. The summed E-state index contributed by atoms with van der Waals surface area (Å²) in [5.74, 6) is 0.920. The number of nitrogens with two attached hydrogens (primary N) is 1. The molecule has 15 heavy (non-hydrogen) atoms. The second-order valence-electron chi connectivity index (χ2n) is 4.58. The van der Waals surface area contributed by atoms with Gasteiger partial charge in [0.05, 0.1) is 17.6 Å². The Hall–Kier alpha value is -1.09. The molecule has 0 unspecified atom stereocenters. The van der Waals surface area contributed by atoms with E-state index in [0.29, 0.717) is 0 Å². The largest absolute Gasteiger partial charge is 0.397 e. The van der Waals surface area contributed by atoms with Crippen molar-refractivity contribution in [2.24, 2.45) is 5.92 Å². The standard InChI is InChI=1S/C12H19N3/c1-15(8-10-3-2-4-10)9-12-6-5-11(13)7-14-12/h5-7,10H,2-4,8-9,13H2,1H3. The number of hydrogen-bond acceptors (Lipinski definition) is 3. The lowest BCUT2D eigenvalue weighted by molar-refractivity contribution is 0.199. The molecule has 1 aliphatic rings. The molecule has 0 aromatic carbocycles. The summed E-state index contributed by atoms with van der Waals surface area (Å²) in [5, 5.41) is 0. The van der Waals surface area contributed by atoms with Crippen LogP contribution in [-0.2, 0) is 6.54 Å². The fraction of sp³-hybridized carbons (Fsp3) is 0.583. The zero-order valence-corrected chi connectivity index (χ0v) is 9.32. The van der Waals surface area contributed by atoms with Crippen LogP contribution in [0.1, 0.15) is 25.0 Å². The molecular formula is C12H19N3. The summed E-state index contributed by atoms with van der Waals surface area (Å²) in [6, 6.07) is 3.92. The van der Waals surface area contributed by atoms with Crippen LogP contribution in [0.5, 0.6) is 0 Å². The summed E-state index contributed by atoms with van der Waals surface area (Å²) in [6.45, 7) is 2.13. The van der Waals surface area contributed by atoms with E-state index in [4.69, 9.17) is 5.73 Å². The Morgan fingerprint density at radius 2 is 2.27 bits per heavy atom. The minimum atomic E-state index is 0.736. The van der Waals surface area contributed by atoms with Gasteiger partial charge in [0.15, 0.2) is 0 Å². The number of nitrogens with zero attached hydrogens (tertiary/aromatic N) is 2. The molecule has 2 N–H and O–H groups in total. The summed E-state index contributed by atoms with van der Waals surface area (Å²) in [4.78, 5) is 6.65. The summed E-state index contributed by atoms with van der Waals surface area (Å²) in [6.07, 6.45) is 5.95. The molecule has 0 atom stereocenters. The van der Waals surface area contributed by atoms with E-state index < -0.39 is 0 Å². The van der Waals surface area contributed by atoms with E-state index in [2.05, 4.69) is 16.9 Å². The Bertz CT molecular complexity index is 303. The van der Waals surface area contributed by atoms with Gasteiger partial charge in [0.25, 0.3) is 0 Å². The van der Waals surface area contributed by atoms with Gasteiger partial charge in [-0.2, -0.15) is 0 Å². The van der Waals surface area contributed by atoms with E-state index in [1.54, 1.807) is 6.20 Å². The zero-order valence-electron chi connectivity index (χ0n) is 9.32. The third-order valence-electron chi connectivity index (χ3n) is 3.07. The molecule has 1 aromatic rings. The second-order valence-corrected chi connectivity index (χ2v) is 4.58. The smallest absolute Gasteiger partial charge is 0.0545 e. The quantitative estimate of drug-likeness (QED) is 0.816. The van der Waals surface area contributed by atoms with Crippen LogP contribution in [0.25, 0.3) is 0 Å². The van der Waals surface area contributed by atoms with Crippen LogP contribution in [-0.4, -0.2) is 23.5 Å². The van der Waals surface area contributed by atoms with E-state index >= 15 is 0 Å². The van der Waals surface area contributed by atoms with E-state index in [-0.39, 0.29) is 0 Å². The summed E-state index contributed by atoms with van der Waals surface area (Å²) in [7, 11) is 2.16. The SMILES string of the molecule is CN(Cc1ccc(N)cn1)CC1CCC1. The molecule has 1 aromatic heterocycles. The number of pyridine rings is 1. The lowest BCUT2D eigenvalue weighted by Gasteiger charge is -2.29. The molecule has 1 heterocycles. The van der Waals surface area contributed by atoms with Crippen molar-refractivity contribution >= 4 is 5.69 Å². The predicted octanol–water partition coefficient (Wildman–Crippen LogP) is 1.90. The van der Waals surface area contributed by atoms with Crippen LogP contribution in [0.4, 0.5) is 5.69 Å². The molecule has 0 saturated heterocycles. The molecule has 82 valence electrons. The maximum absolute atomic E-state index is 5.59. The van der Waals surface area contributed by atoms with Gasteiger partial charge in [-0.25, -0.2) is 0 Å². The molecule has 0 aliphatic heterocycles. The summed E-state index contributed by atoms with van der Waals surface area (Å²) >= 11 is 0. The molecule has 3 heteroatoms. The lowest BCUT2D eigenvalue weighted by atomic mass is 9.85. The van der Waals surface area contributed by atoms with Crippen molar-refractivity contribution in [1.82, 2.24) is 9.88 Å². The van der Waals surface area contributed by atoms with Gasteiger partial charge in [0.1, 0.15) is 0 Å². The van der Waals surface area contributed by atoms with Crippen molar-refractivity contribution in [2.75, 3.05) is 19.3 Å². The molecule has 1 aliphatic carbocycles. The predicted molar refractivity (Wildman–Crippen MR) is 62.3 cm³/mol. The molecule has 0 amide bonds. The maximum Gasteiger partial charge on any atom is 0.0545 e. The number of rotatable bonds is 4. The summed E-state index contributed by atoms with van der Waals surface area (Å²) in [5.41, 5.74) is 7.43. The van der Waals surface area contributed by atoms with E-state index in [1.165, 1.54) is 25.8 Å². The van der Waals surface area contributed by atoms with Crippen molar-refractivity contribution in [3.8, 4) is 0 Å². The van der Waals surface area contributed by atoms with E-state index in [0.717, 1.165) is 23.8 Å². The van der Waals surface area contributed by atoms with Crippen molar-refractivity contribution in [3.05, 3.63) is 24.0 Å². The van der Waals surface area contributed by atoms with E-state index in [1.807, 2.05) is 12.1 Å². The first-order valence-corrected chi connectivity index (χ1v) is 5.63. The van der Waals surface area contributed by atoms with Gasteiger partial charge in [-0.3, -0.25) is 4.98 Å². The fourth-order valence-electron chi connectivity index (χ4n) is 1.99. The Morgan fingerprint density at radius 3 is 2.80 bits per heavy atom. The Morgan fingerprint density at radius 1 is 1.47 bits per heavy atom. The van der Waals surface area contributed by atoms with Crippen molar-refractivity contribution < 1.29 is 0 Å². The summed E-state index contributed by atoms with van der Waals surface area (Å²) < 4.78 is 0. The van der Waals surface area contributed by atoms with Gasteiger partial charge in [0.2, 0.25) is 0 Å². The van der Waals surface area contributed by atoms with Gasteiger partial charge in [0, 0.05) is 13.1 Å². The maximum atomic E-state index is 5.59. The lowest BCUT2D eigenvalue weighted by Crippen LogP contribution is -2.29. The molecule has 0 spiro atoms. The first-order valence-electron chi connectivity index (χ1n) is 5.63. The molecule has 3 nitrogen and oxygen atoms in total. The number of hydrogen-bond donors (Lipinski definition) is 1. The highest BCUT2D eigenvalue weighted by atomic mass is 15.1. The van der Waals surface area contributed by atoms with Crippen LogP contribution in [0.3, 0.4) is 0 Å². The Balaban J connectivity index is 1.82. The molecule has 2 rings (SSSR count). The van der Waals surface area contributed by atoms with Crippen molar-refractivity contribution in [3.63, 3.8) is 0 Å². The third-order valence-corrected chi connectivity index (χ3v) is 3.07. The minimum Gasteiger partial charge on any atom is -0.397 e. The molecular weight excluding hydrogens is 186 g/mol. The Labute approximate surface area is 91.3 Å². The van der Waals surface area contributed by atoms with Gasteiger partial charge >= 0.3 is 0 Å². The average Bonchev–Trinajstić information content (AvgIpc) is 2.16. The monoisotopic (exact) mass is 205 g/mol. The number of aromatic nitrogens is 1.